The first kappa shape index (κ1) is 12.2. The van der Waals surface area contributed by atoms with Crippen molar-refractivity contribution in [1.82, 2.24) is 4.90 Å². The second-order valence-corrected chi connectivity index (χ2v) is 5.57. The quantitative estimate of drug-likeness (QED) is 0.562. The van der Waals surface area contributed by atoms with Crippen LogP contribution < -0.4 is 0 Å². The predicted molar refractivity (Wildman–Crippen MR) is 66.8 cm³/mol. The zero-order chi connectivity index (χ0) is 12.5. The average Bonchev–Trinajstić information content (AvgIpc) is 3.02. The molecule has 4 atom stereocenters. The van der Waals surface area contributed by atoms with Crippen molar-refractivity contribution in [2.75, 3.05) is 26.3 Å². The van der Waals surface area contributed by atoms with E-state index < -0.39 is 0 Å². The zero-order valence-corrected chi connectivity index (χ0v) is 10.9. The maximum Gasteiger partial charge on any atom is 0.311 e. The van der Waals surface area contributed by atoms with Crippen molar-refractivity contribution in [2.24, 2.45) is 17.8 Å². The Morgan fingerprint density at radius 2 is 2.11 bits per heavy atom. The van der Waals surface area contributed by atoms with Crippen LogP contribution >= 0.6 is 0 Å². The summed E-state index contributed by atoms with van der Waals surface area (Å²) >= 11 is 0. The molecule has 1 saturated carbocycles. The molecule has 3 aliphatic rings. The maximum atomic E-state index is 12.2. The third kappa shape index (κ3) is 2.31. The van der Waals surface area contributed by atoms with E-state index in [4.69, 9.17) is 9.47 Å². The molecule has 100 valence electrons. The highest BCUT2D eigenvalue weighted by Crippen LogP contribution is 2.44. The number of carbonyl (C=O) groups is 1. The lowest BCUT2D eigenvalue weighted by Crippen LogP contribution is -2.45. The van der Waals surface area contributed by atoms with Gasteiger partial charge in [0.25, 0.3) is 0 Å². The second kappa shape index (κ2) is 5.02. The number of allylic oxidation sites excluding steroid dienone is 2. The van der Waals surface area contributed by atoms with Gasteiger partial charge in [-0.3, -0.25) is 9.69 Å². The molecule has 4 heteroatoms. The third-order valence-electron chi connectivity index (χ3n) is 4.43. The van der Waals surface area contributed by atoms with Gasteiger partial charge in [0.05, 0.1) is 19.1 Å². The summed E-state index contributed by atoms with van der Waals surface area (Å²) in [5.41, 5.74) is 0. The SMILES string of the molecule is CC(OC(=O)C1CC2C=CC1C2)N1CCOCC1. The minimum absolute atomic E-state index is 0.00848. The van der Waals surface area contributed by atoms with Crippen LogP contribution in [0, 0.1) is 17.8 Å². The molecule has 0 amide bonds. The standard InChI is InChI=1S/C14H21NO3/c1-10(15-4-6-17-7-5-15)18-14(16)13-9-11-2-3-12(13)8-11/h2-3,10-13H,4-9H2,1H3. The molecule has 0 spiro atoms. The lowest BCUT2D eigenvalue weighted by molar-refractivity contribution is -0.167. The zero-order valence-electron chi connectivity index (χ0n) is 10.9. The molecule has 0 N–H and O–H groups in total. The Kier molecular flexibility index (Phi) is 3.39. The van der Waals surface area contributed by atoms with Crippen LogP contribution in [0.5, 0.6) is 0 Å². The van der Waals surface area contributed by atoms with Gasteiger partial charge in [-0.05, 0) is 31.6 Å². The highest BCUT2D eigenvalue weighted by Gasteiger charge is 2.41. The minimum Gasteiger partial charge on any atom is -0.446 e. The number of esters is 1. The number of ether oxygens (including phenoxy) is 2. The Balaban J connectivity index is 1.52. The molecule has 3 rings (SSSR count). The molecule has 4 unspecified atom stereocenters. The molecule has 0 aromatic rings. The van der Waals surface area contributed by atoms with Crippen LogP contribution in [0.1, 0.15) is 19.8 Å². The molecule has 0 aromatic carbocycles. The van der Waals surface area contributed by atoms with Crippen molar-refractivity contribution in [2.45, 2.75) is 26.0 Å². The normalized spacial score (nSPS) is 36.8. The lowest BCUT2D eigenvalue weighted by Gasteiger charge is -2.32. The maximum absolute atomic E-state index is 12.2. The fraction of sp³-hybridized carbons (Fsp3) is 0.786. The summed E-state index contributed by atoms with van der Waals surface area (Å²) in [4.78, 5) is 14.3. The van der Waals surface area contributed by atoms with E-state index in [1.807, 2.05) is 6.92 Å². The first-order valence-electron chi connectivity index (χ1n) is 6.94. The number of hydrogen-bond acceptors (Lipinski definition) is 4. The molecule has 18 heavy (non-hydrogen) atoms. The van der Waals surface area contributed by atoms with Crippen LogP contribution in [0.15, 0.2) is 12.2 Å². The Morgan fingerprint density at radius 3 is 2.72 bits per heavy atom. The molecule has 2 aliphatic carbocycles. The van der Waals surface area contributed by atoms with Gasteiger partial charge in [-0.25, -0.2) is 0 Å². The van der Waals surface area contributed by atoms with E-state index in [1.54, 1.807) is 0 Å². The monoisotopic (exact) mass is 251 g/mol. The van der Waals surface area contributed by atoms with Gasteiger partial charge in [-0.1, -0.05) is 12.2 Å². The van der Waals surface area contributed by atoms with Crippen molar-refractivity contribution >= 4 is 5.97 Å². The average molecular weight is 251 g/mol. The third-order valence-corrected chi connectivity index (χ3v) is 4.43. The molecule has 1 heterocycles. The Bertz CT molecular complexity index is 349. The lowest BCUT2D eigenvalue weighted by atomic mass is 9.94. The number of morpholine rings is 1. The van der Waals surface area contributed by atoms with Gasteiger partial charge in [0.1, 0.15) is 0 Å². The van der Waals surface area contributed by atoms with Gasteiger partial charge in [0.15, 0.2) is 6.23 Å². The molecular weight excluding hydrogens is 230 g/mol. The smallest absolute Gasteiger partial charge is 0.311 e. The fourth-order valence-corrected chi connectivity index (χ4v) is 3.32. The highest BCUT2D eigenvalue weighted by atomic mass is 16.6. The van der Waals surface area contributed by atoms with E-state index in [0.29, 0.717) is 11.8 Å². The largest absolute Gasteiger partial charge is 0.446 e. The molecule has 2 fully saturated rings. The van der Waals surface area contributed by atoms with Crippen LogP contribution in [-0.4, -0.2) is 43.4 Å². The van der Waals surface area contributed by atoms with Gasteiger partial charge in [0.2, 0.25) is 0 Å². The molecule has 2 bridgehead atoms. The number of fused-ring (bicyclic) bond motifs is 2. The van der Waals surface area contributed by atoms with Crippen molar-refractivity contribution in [3.63, 3.8) is 0 Å². The topological polar surface area (TPSA) is 38.8 Å². The summed E-state index contributed by atoms with van der Waals surface area (Å²) in [6.45, 7) is 5.14. The molecule has 1 saturated heterocycles. The van der Waals surface area contributed by atoms with Gasteiger partial charge in [0, 0.05) is 13.1 Å². The van der Waals surface area contributed by atoms with Crippen LogP contribution in [-0.2, 0) is 14.3 Å². The summed E-state index contributed by atoms with van der Waals surface area (Å²) in [5, 5.41) is 0. The first-order chi connectivity index (χ1) is 8.74. The van der Waals surface area contributed by atoms with E-state index in [-0.39, 0.29) is 18.1 Å². The highest BCUT2D eigenvalue weighted by molar-refractivity contribution is 5.74. The van der Waals surface area contributed by atoms with Crippen LogP contribution in [0.25, 0.3) is 0 Å². The Morgan fingerprint density at radius 1 is 1.33 bits per heavy atom. The Labute approximate surface area is 108 Å². The molecule has 1 aliphatic heterocycles. The molecule has 0 aromatic heterocycles. The first-order valence-corrected chi connectivity index (χ1v) is 6.94. The van der Waals surface area contributed by atoms with Gasteiger partial charge < -0.3 is 9.47 Å². The van der Waals surface area contributed by atoms with E-state index in [2.05, 4.69) is 17.1 Å². The van der Waals surface area contributed by atoms with Crippen LogP contribution in [0.3, 0.4) is 0 Å². The van der Waals surface area contributed by atoms with Crippen molar-refractivity contribution in [1.29, 1.82) is 0 Å². The minimum atomic E-state index is -0.121. The molecule has 0 radical (unpaired) electrons. The number of rotatable bonds is 3. The predicted octanol–water partition coefficient (Wildman–Crippen LogP) is 1.42. The van der Waals surface area contributed by atoms with Gasteiger partial charge in [-0.2, -0.15) is 0 Å². The van der Waals surface area contributed by atoms with Gasteiger partial charge >= 0.3 is 5.97 Å². The Hall–Kier alpha value is -0.870. The van der Waals surface area contributed by atoms with Crippen molar-refractivity contribution in [3.8, 4) is 0 Å². The fourth-order valence-electron chi connectivity index (χ4n) is 3.32. The van der Waals surface area contributed by atoms with E-state index in [9.17, 15) is 4.79 Å². The van der Waals surface area contributed by atoms with E-state index in [0.717, 1.165) is 39.1 Å². The van der Waals surface area contributed by atoms with E-state index >= 15 is 0 Å². The van der Waals surface area contributed by atoms with Gasteiger partial charge in [-0.15, -0.1) is 0 Å². The van der Waals surface area contributed by atoms with Crippen molar-refractivity contribution < 1.29 is 14.3 Å². The second-order valence-electron chi connectivity index (χ2n) is 5.57. The summed E-state index contributed by atoms with van der Waals surface area (Å²) in [5.74, 6) is 1.14. The van der Waals surface area contributed by atoms with E-state index in [1.165, 1.54) is 0 Å². The van der Waals surface area contributed by atoms with Crippen LogP contribution in [0.4, 0.5) is 0 Å². The molecular formula is C14H21NO3. The summed E-state index contributed by atoms with van der Waals surface area (Å²) in [6.07, 6.45) is 6.45. The number of hydrogen-bond donors (Lipinski definition) is 0. The summed E-state index contributed by atoms with van der Waals surface area (Å²) < 4.78 is 10.9. The number of carbonyl (C=O) groups excluding carboxylic acids is 1. The van der Waals surface area contributed by atoms with Crippen LogP contribution in [0.2, 0.25) is 0 Å². The summed E-state index contributed by atoms with van der Waals surface area (Å²) in [6, 6.07) is 0. The van der Waals surface area contributed by atoms with Crippen molar-refractivity contribution in [3.05, 3.63) is 12.2 Å². The summed E-state index contributed by atoms with van der Waals surface area (Å²) in [7, 11) is 0. The number of nitrogens with zero attached hydrogens (tertiary/aromatic N) is 1. The molecule has 4 nitrogen and oxygen atoms in total.